The quantitative estimate of drug-likeness (QED) is 0.579. The minimum absolute atomic E-state index is 0.0641. The van der Waals surface area contributed by atoms with Gasteiger partial charge in [0.05, 0.1) is 0 Å². The Labute approximate surface area is 149 Å². The Bertz CT molecular complexity index is 572. The molecule has 1 aliphatic carbocycles. The van der Waals surface area contributed by atoms with Crippen molar-refractivity contribution in [1.29, 1.82) is 0 Å². The summed E-state index contributed by atoms with van der Waals surface area (Å²) in [5.41, 5.74) is 1.10. The van der Waals surface area contributed by atoms with E-state index in [2.05, 4.69) is 103 Å². The molecule has 2 unspecified atom stereocenters. The number of rotatable bonds is 3. The fourth-order valence-corrected chi connectivity index (χ4v) is 2.60. The minimum atomic E-state index is -0.183. The Morgan fingerprint density at radius 2 is 1.62 bits per heavy atom. The maximum atomic E-state index is 6.07. The van der Waals surface area contributed by atoms with Crippen LogP contribution in [0.25, 0.3) is 0 Å². The van der Waals surface area contributed by atoms with Crippen molar-refractivity contribution in [2.75, 3.05) is 0 Å². The molecular formula is C23H34O. The van der Waals surface area contributed by atoms with Gasteiger partial charge in [-0.15, -0.1) is 0 Å². The van der Waals surface area contributed by atoms with Crippen molar-refractivity contribution in [3.63, 3.8) is 0 Å². The van der Waals surface area contributed by atoms with Gasteiger partial charge in [0.15, 0.2) is 0 Å². The van der Waals surface area contributed by atoms with E-state index in [0.29, 0.717) is 5.92 Å². The molecule has 0 saturated carbocycles. The highest BCUT2D eigenvalue weighted by atomic mass is 16.5. The van der Waals surface area contributed by atoms with Crippen molar-refractivity contribution >= 4 is 0 Å². The summed E-state index contributed by atoms with van der Waals surface area (Å²) in [6.07, 6.45) is 12.0. The van der Waals surface area contributed by atoms with Crippen LogP contribution in [0.1, 0.15) is 66.4 Å². The zero-order valence-electron chi connectivity index (χ0n) is 16.5. The first-order chi connectivity index (χ1) is 11.2. The molecule has 0 amide bonds. The first kappa shape index (κ1) is 20.3. The second kappa shape index (κ2) is 8.92. The third-order valence-corrected chi connectivity index (χ3v) is 3.94. The number of ether oxygens (including phenoxy) is 1. The van der Waals surface area contributed by atoms with Gasteiger partial charge in [0.25, 0.3) is 0 Å². The van der Waals surface area contributed by atoms with E-state index < -0.39 is 0 Å². The van der Waals surface area contributed by atoms with Crippen LogP contribution < -0.4 is 0 Å². The molecule has 0 spiro atoms. The van der Waals surface area contributed by atoms with Crippen molar-refractivity contribution in [2.45, 2.75) is 66.4 Å². The molecule has 0 radical (unpaired) electrons. The summed E-state index contributed by atoms with van der Waals surface area (Å²) < 4.78 is 6.07. The molecule has 1 aliphatic rings. The monoisotopic (exact) mass is 326 g/mol. The number of benzene rings is 1. The maximum absolute atomic E-state index is 6.07. The zero-order chi connectivity index (χ0) is 18.2. The molecule has 0 aromatic heterocycles. The van der Waals surface area contributed by atoms with E-state index in [0.717, 1.165) is 5.76 Å². The van der Waals surface area contributed by atoms with Gasteiger partial charge < -0.3 is 4.74 Å². The van der Waals surface area contributed by atoms with Crippen LogP contribution in [0.3, 0.4) is 0 Å². The first-order valence-electron chi connectivity index (χ1n) is 9.04. The molecule has 0 fully saturated rings. The smallest absolute Gasteiger partial charge is 0.117 e. The Kier molecular flexibility index (Phi) is 7.54. The van der Waals surface area contributed by atoms with Crippen molar-refractivity contribution in [1.82, 2.24) is 0 Å². The van der Waals surface area contributed by atoms with E-state index >= 15 is 0 Å². The number of hydrogen-bond acceptors (Lipinski definition) is 1. The lowest BCUT2D eigenvalue weighted by Gasteiger charge is -2.31. The second-order valence-electron chi connectivity index (χ2n) is 7.68. The summed E-state index contributed by atoms with van der Waals surface area (Å²) in [6.45, 7) is 15.0. The van der Waals surface area contributed by atoms with Gasteiger partial charge in [0.1, 0.15) is 11.4 Å². The molecule has 1 heteroatoms. The van der Waals surface area contributed by atoms with Crippen molar-refractivity contribution < 1.29 is 4.74 Å². The molecule has 0 aliphatic heterocycles. The van der Waals surface area contributed by atoms with E-state index in [1.807, 2.05) is 6.08 Å². The summed E-state index contributed by atoms with van der Waals surface area (Å²) in [6, 6.07) is 10.7. The molecule has 0 heterocycles. The Hall–Kier alpha value is -1.76. The van der Waals surface area contributed by atoms with Gasteiger partial charge in [-0.1, -0.05) is 82.7 Å². The summed E-state index contributed by atoms with van der Waals surface area (Å²) in [5, 5.41) is 0. The lowest BCUT2D eigenvalue weighted by Crippen LogP contribution is -2.22. The third kappa shape index (κ3) is 6.39. The summed E-state index contributed by atoms with van der Waals surface area (Å²) in [4.78, 5) is 0. The van der Waals surface area contributed by atoms with Crippen molar-refractivity contribution in [3.8, 4) is 0 Å². The second-order valence-corrected chi connectivity index (χ2v) is 7.68. The molecule has 0 saturated heterocycles. The Morgan fingerprint density at radius 1 is 1.04 bits per heavy atom. The average Bonchev–Trinajstić information content (AvgIpc) is 2.69. The van der Waals surface area contributed by atoms with Crippen LogP contribution >= 0.6 is 0 Å². The average molecular weight is 327 g/mol. The van der Waals surface area contributed by atoms with Gasteiger partial charge in [0, 0.05) is 5.41 Å². The molecule has 1 aromatic rings. The van der Waals surface area contributed by atoms with Gasteiger partial charge in [-0.3, -0.25) is 0 Å². The predicted octanol–water partition coefficient (Wildman–Crippen LogP) is 7.04. The van der Waals surface area contributed by atoms with Crippen LogP contribution in [0.5, 0.6) is 0 Å². The number of hydrogen-bond donors (Lipinski definition) is 0. The lowest BCUT2D eigenvalue weighted by atomic mass is 9.74. The lowest BCUT2D eigenvalue weighted by molar-refractivity contribution is 0.0579. The maximum Gasteiger partial charge on any atom is 0.117 e. The highest BCUT2D eigenvalue weighted by Crippen LogP contribution is 2.40. The fraction of sp³-hybridized carbons (Fsp3) is 0.478. The van der Waals surface area contributed by atoms with Crippen LogP contribution in [-0.4, -0.2) is 5.60 Å². The van der Waals surface area contributed by atoms with Crippen molar-refractivity contribution in [2.24, 2.45) is 5.41 Å². The summed E-state index contributed by atoms with van der Waals surface area (Å²) >= 11 is 0. The number of allylic oxidation sites excluding steroid dienone is 5. The Morgan fingerprint density at radius 3 is 2.17 bits per heavy atom. The molecule has 132 valence electrons. The van der Waals surface area contributed by atoms with Gasteiger partial charge in [-0.05, 0) is 44.4 Å². The van der Waals surface area contributed by atoms with E-state index in [-0.39, 0.29) is 11.0 Å². The van der Waals surface area contributed by atoms with E-state index in [1.54, 1.807) is 0 Å². The van der Waals surface area contributed by atoms with Crippen LogP contribution in [0.2, 0.25) is 0 Å². The van der Waals surface area contributed by atoms with Gasteiger partial charge in [-0.25, -0.2) is 0 Å². The van der Waals surface area contributed by atoms with Crippen molar-refractivity contribution in [3.05, 3.63) is 72.0 Å². The van der Waals surface area contributed by atoms with Crippen LogP contribution in [0.4, 0.5) is 0 Å². The minimum Gasteiger partial charge on any atom is -0.488 e. The topological polar surface area (TPSA) is 9.23 Å². The first-order valence-corrected chi connectivity index (χ1v) is 9.04. The Balaban J connectivity index is 0.000000891. The SMILES string of the molecule is CC(c1ccccc1)C1(C)C=CC=CC(OC(C)(C)C)=C1.CCC. The zero-order valence-corrected chi connectivity index (χ0v) is 16.5. The summed E-state index contributed by atoms with van der Waals surface area (Å²) in [5.74, 6) is 1.33. The van der Waals surface area contributed by atoms with E-state index in [4.69, 9.17) is 4.74 Å². The molecule has 0 bridgehead atoms. The molecule has 0 N–H and O–H groups in total. The standard InChI is InChI=1S/C20H26O.C3H8/c1-16(17-11-7-6-8-12-17)20(5)14-10-9-13-18(15-20)21-19(2,3)4;1-3-2/h6-16H,1-5H3;3H2,1-2H3. The third-order valence-electron chi connectivity index (χ3n) is 3.94. The summed E-state index contributed by atoms with van der Waals surface area (Å²) in [7, 11) is 0. The molecule has 24 heavy (non-hydrogen) atoms. The highest BCUT2D eigenvalue weighted by molar-refractivity contribution is 5.34. The van der Waals surface area contributed by atoms with Gasteiger partial charge >= 0.3 is 0 Å². The highest BCUT2D eigenvalue weighted by Gasteiger charge is 2.29. The van der Waals surface area contributed by atoms with Crippen LogP contribution in [0.15, 0.2) is 66.5 Å². The molecular weight excluding hydrogens is 292 g/mol. The fourth-order valence-electron chi connectivity index (χ4n) is 2.60. The van der Waals surface area contributed by atoms with Gasteiger partial charge in [0.2, 0.25) is 0 Å². The van der Waals surface area contributed by atoms with Crippen LogP contribution in [-0.2, 0) is 4.74 Å². The largest absolute Gasteiger partial charge is 0.488 e. The van der Waals surface area contributed by atoms with E-state index in [9.17, 15) is 0 Å². The molecule has 2 rings (SSSR count). The normalized spacial score (nSPS) is 21.2. The van der Waals surface area contributed by atoms with Crippen LogP contribution in [0, 0.1) is 5.41 Å². The van der Waals surface area contributed by atoms with E-state index in [1.165, 1.54) is 12.0 Å². The van der Waals surface area contributed by atoms with Gasteiger partial charge in [-0.2, -0.15) is 0 Å². The molecule has 2 atom stereocenters. The molecule has 1 nitrogen and oxygen atoms in total. The predicted molar refractivity (Wildman–Crippen MR) is 106 cm³/mol. The molecule has 1 aromatic carbocycles.